The molecule has 0 bridgehead atoms. The first kappa shape index (κ1) is 15.1. The molecule has 112 valence electrons. The molecule has 6 heteroatoms. The van der Waals surface area contributed by atoms with Crippen molar-refractivity contribution < 1.29 is 14.7 Å². The summed E-state index contributed by atoms with van der Waals surface area (Å²) in [6.07, 6.45) is 2.19. The van der Waals surface area contributed by atoms with E-state index in [1.807, 2.05) is 30.5 Å². The highest BCUT2D eigenvalue weighted by Gasteiger charge is 2.20. The molecule has 0 saturated heterocycles. The monoisotopic (exact) mass is 289 g/mol. The Morgan fingerprint density at radius 3 is 2.81 bits per heavy atom. The van der Waals surface area contributed by atoms with Gasteiger partial charge in [0.05, 0.1) is 12.5 Å². The summed E-state index contributed by atoms with van der Waals surface area (Å²) in [7, 11) is 1.57. The number of fused-ring (bicyclic) bond motifs is 1. The number of aromatic nitrogens is 1. The van der Waals surface area contributed by atoms with Crippen molar-refractivity contribution in [3.05, 3.63) is 36.0 Å². The van der Waals surface area contributed by atoms with E-state index in [2.05, 4.69) is 4.98 Å². The van der Waals surface area contributed by atoms with E-state index in [0.717, 1.165) is 16.5 Å². The molecule has 0 fully saturated rings. The van der Waals surface area contributed by atoms with Gasteiger partial charge in [-0.05, 0) is 18.1 Å². The predicted octanol–water partition coefficient (Wildman–Crippen LogP) is 0.971. The second kappa shape index (κ2) is 6.41. The van der Waals surface area contributed by atoms with Gasteiger partial charge in [0.15, 0.2) is 0 Å². The van der Waals surface area contributed by atoms with Gasteiger partial charge in [-0.1, -0.05) is 18.2 Å². The van der Waals surface area contributed by atoms with Gasteiger partial charge in [-0.2, -0.15) is 0 Å². The van der Waals surface area contributed by atoms with Crippen LogP contribution in [0.4, 0.5) is 0 Å². The van der Waals surface area contributed by atoms with Crippen molar-refractivity contribution in [2.75, 3.05) is 13.6 Å². The maximum atomic E-state index is 12.1. The second-order valence-electron chi connectivity index (χ2n) is 5.07. The Hall–Kier alpha value is -2.34. The quantitative estimate of drug-likeness (QED) is 0.737. The van der Waals surface area contributed by atoms with Crippen molar-refractivity contribution in [3.63, 3.8) is 0 Å². The summed E-state index contributed by atoms with van der Waals surface area (Å²) < 4.78 is 0. The predicted molar refractivity (Wildman–Crippen MR) is 79.9 cm³/mol. The van der Waals surface area contributed by atoms with Crippen molar-refractivity contribution >= 4 is 22.8 Å². The number of rotatable bonds is 6. The molecule has 1 aromatic carbocycles. The van der Waals surface area contributed by atoms with Gasteiger partial charge in [0, 0.05) is 30.7 Å². The molecule has 0 aliphatic carbocycles. The van der Waals surface area contributed by atoms with Crippen LogP contribution in [0.3, 0.4) is 0 Å². The van der Waals surface area contributed by atoms with E-state index in [0.29, 0.717) is 6.42 Å². The van der Waals surface area contributed by atoms with Crippen molar-refractivity contribution in [1.29, 1.82) is 0 Å². The lowest BCUT2D eigenvalue weighted by Crippen LogP contribution is -2.43. The van der Waals surface area contributed by atoms with Crippen LogP contribution in [0.5, 0.6) is 0 Å². The van der Waals surface area contributed by atoms with E-state index < -0.39 is 12.0 Å². The van der Waals surface area contributed by atoms with E-state index >= 15 is 0 Å². The van der Waals surface area contributed by atoms with E-state index in [-0.39, 0.29) is 18.9 Å². The molecule has 1 amide bonds. The smallest absolute Gasteiger partial charge is 0.305 e. The average Bonchev–Trinajstić information content (AvgIpc) is 2.87. The number of nitrogens with zero attached hydrogens (tertiary/aromatic N) is 1. The molecule has 0 unspecified atom stereocenters. The fourth-order valence-corrected chi connectivity index (χ4v) is 2.28. The van der Waals surface area contributed by atoms with Crippen LogP contribution >= 0.6 is 0 Å². The van der Waals surface area contributed by atoms with Gasteiger partial charge < -0.3 is 20.7 Å². The van der Waals surface area contributed by atoms with Gasteiger partial charge in [0.2, 0.25) is 5.91 Å². The Bertz CT molecular complexity index is 650. The van der Waals surface area contributed by atoms with Crippen LogP contribution in [0.15, 0.2) is 30.5 Å². The summed E-state index contributed by atoms with van der Waals surface area (Å²) in [4.78, 5) is 27.2. The summed E-state index contributed by atoms with van der Waals surface area (Å²) >= 11 is 0. The third-order valence-electron chi connectivity index (χ3n) is 3.47. The fourth-order valence-electron chi connectivity index (χ4n) is 2.28. The number of carbonyl (C=O) groups is 2. The van der Waals surface area contributed by atoms with E-state index in [9.17, 15) is 9.59 Å². The lowest BCUT2D eigenvalue weighted by atomic mass is 10.0. The molecule has 0 spiro atoms. The third kappa shape index (κ3) is 3.61. The van der Waals surface area contributed by atoms with Crippen LogP contribution in [-0.2, 0) is 16.0 Å². The number of carboxylic acids is 1. The topological polar surface area (TPSA) is 99.4 Å². The first-order valence-corrected chi connectivity index (χ1v) is 6.76. The first-order chi connectivity index (χ1) is 9.99. The zero-order valence-corrected chi connectivity index (χ0v) is 11.9. The normalized spacial score (nSPS) is 12.3. The van der Waals surface area contributed by atoms with Crippen LogP contribution in [0.2, 0.25) is 0 Å². The highest BCUT2D eigenvalue weighted by Crippen LogP contribution is 2.19. The molecule has 4 N–H and O–H groups in total. The zero-order valence-electron chi connectivity index (χ0n) is 11.9. The number of amides is 1. The van der Waals surface area contributed by atoms with Gasteiger partial charge in [0.25, 0.3) is 0 Å². The van der Waals surface area contributed by atoms with Crippen molar-refractivity contribution in [3.8, 4) is 0 Å². The summed E-state index contributed by atoms with van der Waals surface area (Å²) in [6.45, 7) is 0.162. The number of hydrogen-bond donors (Lipinski definition) is 3. The largest absolute Gasteiger partial charge is 0.481 e. The number of benzene rings is 1. The number of likely N-dealkylation sites (N-methyl/N-ethyl adjacent to an activating group) is 1. The second-order valence-corrected chi connectivity index (χ2v) is 5.07. The summed E-state index contributed by atoms with van der Waals surface area (Å²) in [6, 6.07) is 7.14. The van der Waals surface area contributed by atoms with Gasteiger partial charge in [-0.15, -0.1) is 0 Å². The molecule has 21 heavy (non-hydrogen) atoms. The van der Waals surface area contributed by atoms with Gasteiger partial charge >= 0.3 is 5.97 Å². The van der Waals surface area contributed by atoms with E-state index in [1.54, 1.807) is 7.05 Å². The Morgan fingerprint density at radius 1 is 1.38 bits per heavy atom. The van der Waals surface area contributed by atoms with E-state index in [4.69, 9.17) is 10.8 Å². The zero-order chi connectivity index (χ0) is 15.4. The number of nitrogens with two attached hydrogens (primary N) is 1. The Balaban J connectivity index is 2.02. The average molecular weight is 289 g/mol. The van der Waals surface area contributed by atoms with Crippen LogP contribution in [0, 0.1) is 0 Å². The van der Waals surface area contributed by atoms with Gasteiger partial charge in [-0.3, -0.25) is 9.59 Å². The number of H-pyrrole nitrogens is 1. The van der Waals surface area contributed by atoms with Crippen molar-refractivity contribution in [2.24, 2.45) is 5.73 Å². The highest BCUT2D eigenvalue weighted by molar-refractivity contribution is 5.86. The highest BCUT2D eigenvalue weighted by atomic mass is 16.4. The molecule has 0 saturated carbocycles. The molecule has 1 heterocycles. The Morgan fingerprint density at radius 2 is 2.10 bits per heavy atom. The van der Waals surface area contributed by atoms with Crippen LogP contribution in [0.1, 0.15) is 12.0 Å². The van der Waals surface area contributed by atoms with Gasteiger partial charge in [0.1, 0.15) is 0 Å². The standard InChI is InChI=1S/C15H19N3O3/c1-18(7-6-14(19)20)15(21)12(16)8-10-9-17-13-5-3-2-4-11(10)13/h2-5,9,12,17H,6-8,16H2,1H3,(H,19,20)/t12-/m1/s1. The number of aromatic amines is 1. The summed E-state index contributed by atoms with van der Waals surface area (Å²) in [5.41, 5.74) is 7.94. The minimum atomic E-state index is -0.931. The third-order valence-corrected chi connectivity index (χ3v) is 3.47. The molecule has 1 aromatic heterocycles. The number of aliphatic carboxylic acids is 1. The summed E-state index contributed by atoms with van der Waals surface area (Å²) in [5, 5.41) is 9.69. The molecule has 2 aromatic rings. The minimum absolute atomic E-state index is 0.0813. The number of carbonyl (C=O) groups excluding carboxylic acids is 1. The fraction of sp³-hybridized carbons (Fsp3) is 0.333. The molecule has 0 aliphatic rings. The Kier molecular flexibility index (Phi) is 4.59. The first-order valence-electron chi connectivity index (χ1n) is 6.76. The number of nitrogens with one attached hydrogen (secondary N) is 1. The van der Waals surface area contributed by atoms with Crippen molar-refractivity contribution in [2.45, 2.75) is 18.9 Å². The molecule has 2 rings (SSSR count). The van der Waals surface area contributed by atoms with Crippen molar-refractivity contribution in [1.82, 2.24) is 9.88 Å². The lowest BCUT2D eigenvalue weighted by molar-refractivity contribution is -0.138. The van der Waals surface area contributed by atoms with Crippen LogP contribution in [0.25, 0.3) is 10.9 Å². The molecule has 0 radical (unpaired) electrons. The minimum Gasteiger partial charge on any atom is -0.481 e. The molecule has 6 nitrogen and oxygen atoms in total. The molecule has 0 aliphatic heterocycles. The van der Waals surface area contributed by atoms with Crippen LogP contribution in [-0.4, -0.2) is 46.5 Å². The van der Waals surface area contributed by atoms with Gasteiger partial charge in [-0.25, -0.2) is 0 Å². The number of carboxylic acid groups (broad SMARTS) is 1. The van der Waals surface area contributed by atoms with Crippen LogP contribution < -0.4 is 5.73 Å². The molecular weight excluding hydrogens is 270 g/mol. The molecular formula is C15H19N3O3. The SMILES string of the molecule is CN(CCC(=O)O)C(=O)[C@H](N)Cc1c[nH]c2ccccc12. The maximum Gasteiger partial charge on any atom is 0.305 e. The number of hydrogen-bond acceptors (Lipinski definition) is 3. The summed E-state index contributed by atoms with van der Waals surface area (Å²) in [5.74, 6) is -1.18. The van der Waals surface area contributed by atoms with E-state index in [1.165, 1.54) is 4.90 Å². The molecule has 1 atom stereocenters. The lowest BCUT2D eigenvalue weighted by Gasteiger charge is -2.20. The number of para-hydroxylation sites is 1. The maximum absolute atomic E-state index is 12.1. The Labute approximate surface area is 122 Å².